The first-order valence-corrected chi connectivity index (χ1v) is 12.2. The molecule has 2 bridgehead atoms. The van der Waals surface area contributed by atoms with Crippen LogP contribution in [-0.4, -0.2) is 116 Å². The average molecular weight is 461 g/mol. The van der Waals surface area contributed by atoms with E-state index in [4.69, 9.17) is 4.74 Å². The molecule has 3 atom stereocenters. The van der Waals surface area contributed by atoms with Crippen LogP contribution in [0.3, 0.4) is 0 Å². The smallest absolute Gasteiger partial charge is 0.317 e. The molecule has 8 nitrogen and oxygen atoms in total. The lowest BCUT2D eigenvalue weighted by molar-refractivity contribution is -0.138. The Labute approximate surface area is 198 Å². The highest BCUT2D eigenvalue weighted by Crippen LogP contribution is 2.16. The van der Waals surface area contributed by atoms with Gasteiger partial charge in [0, 0.05) is 52.4 Å². The van der Waals surface area contributed by atoms with E-state index in [1.54, 1.807) is 0 Å². The lowest BCUT2D eigenvalue weighted by Gasteiger charge is -2.31. The highest BCUT2D eigenvalue weighted by atomic mass is 16.5. The molecule has 8 heteroatoms. The van der Waals surface area contributed by atoms with Gasteiger partial charge in [0.15, 0.2) is 0 Å². The number of carbonyl (C=O) groups is 2. The molecule has 1 N–H and O–H groups in total. The monoisotopic (exact) mass is 460 g/mol. The fourth-order valence-electron chi connectivity index (χ4n) is 5.00. The first kappa shape index (κ1) is 25.6. The topological polar surface area (TPSA) is 76.6 Å². The third-order valence-corrected chi connectivity index (χ3v) is 6.72. The van der Waals surface area contributed by atoms with Crippen LogP contribution in [0, 0.1) is 12.8 Å². The van der Waals surface area contributed by atoms with Gasteiger partial charge in [-0.05, 0) is 50.8 Å². The molecule has 0 radical (unpaired) electrons. The minimum Gasteiger partial charge on any atom is -0.480 e. The van der Waals surface area contributed by atoms with E-state index in [1.165, 1.54) is 11.1 Å². The van der Waals surface area contributed by atoms with Gasteiger partial charge >= 0.3 is 5.97 Å². The Bertz CT molecular complexity index is 730. The highest BCUT2D eigenvalue weighted by molar-refractivity contribution is 5.69. The fraction of sp³-hybridized carbons (Fsp3) is 0.680. The van der Waals surface area contributed by atoms with Crippen LogP contribution >= 0.6 is 0 Å². The number of benzene rings is 1. The Morgan fingerprint density at radius 2 is 1.55 bits per heavy atom. The van der Waals surface area contributed by atoms with E-state index < -0.39 is 5.97 Å². The molecule has 2 aliphatic heterocycles. The van der Waals surface area contributed by atoms with E-state index in [9.17, 15) is 14.7 Å². The SMILES string of the molecule is Cc1ccc(CC2CN3CCCN(CC(=O)O)CCN(CCCN(COC=O)CC3)C2)cc1. The van der Waals surface area contributed by atoms with Crippen molar-refractivity contribution in [3.05, 3.63) is 35.4 Å². The Balaban J connectivity index is 1.77. The molecule has 0 spiro atoms. The summed E-state index contributed by atoms with van der Waals surface area (Å²) in [7, 11) is 0. The van der Waals surface area contributed by atoms with Crippen LogP contribution in [-0.2, 0) is 20.7 Å². The van der Waals surface area contributed by atoms with Gasteiger partial charge in [0.05, 0.1) is 6.54 Å². The van der Waals surface area contributed by atoms with Gasteiger partial charge in [0.25, 0.3) is 6.47 Å². The quantitative estimate of drug-likeness (QED) is 0.612. The van der Waals surface area contributed by atoms with Gasteiger partial charge in [0.2, 0.25) is 0 Å². The van der Waals surface area contributed by atoms with Gasteiger partial charge < -0.3 is 19.6 Å². The maximum atomic E-state index is 11.4. The lowest BCUT2D eigenvalue weighted by Crippen LogP contribution is -2.41. The van der Waals surface area contributed by atoms with Crippen molar-refractivity contribution in [3.63, 3.8) is 0 Å². The first-order valence-electron chi connectivity index (χ1n) is 12.2. The third kappa shape index (κ3) is 9.41. The zero-order valence-electron chi connectivity index (χ0n) is 20.0. The molecule has 33 heavy (non-hydrogen) atoms. The molecule has 1 aromatic carbocycles. The van der Waals surface area contributed by atoms with E-state index in [0.717, 1.165) is 84.7 Å². The number of fused-ring (bicyclic) bond motifs is 4. The van der Waals surface area contributed by atoms with Crippen molar-refractivity contribution in [1.29, 1.82) is 0 Å². The Kier molecular flexibility index (Phi) is 10.6. The summed E-state index contributed by atoms with van der Waals surface area (Å²) in [6.45, 7) is 12.2. The number of nitrogens with zero attached hydrogens (tertiary/aromatic N) is 4. The van der Waals surface area contributed by atoms with E-state index in [1.807, 2.05) is 0 Å². The van der Waals surface area contributed by atoms with Crippen molar-refractivity contribution in [2.24, 2.45) is 5.92 Å². The van der Waals surface area contributed by atoms with Crippen LogP contribution in [0.25, 0.3) is 0 Å². The number of hydrogen-bond acceptors (Lipinski definition) is 7. The Hall–Kier alpha value is -2.00. The molecule has 3 rings (SSSR count). The number of aliphatic carboxylic acids is 1. The molecular weight excluding hydrogens is 420 g/mol. The lowest BCUT2D eigenvalue weighted by atomic mass is 9.97. The molecule has 2 aliphatic rings. The molecule has 2 saturated heterocycles. The van der Waals surface area contributed by atoms with Crippen molar-refractivity contribution in [3.8, 4) is 0 Å². The molecular formula is C25H40N4O4. The van der Waals surface area contributed by atoms with Crippen LogP contribution < -0.4 is 0 Å². The summed E-state index contributed by atoms with van der Waals surface area (Å²) in [5.41, 5.74) is 2.66. The van der Waals surface area contributed by atoms with Crippen LogP contribution in [0.4, 0.5) is 0 Å². The Morgan fingerprint density at radius 1 is 0.939 bits per heavy atom. The minimum absolute atomic E-state index is 0.109. The third-order valence-electron chi connectivity index (χ3n) is 6.72. The van der Waals surface area contributed by atoms with Crippen LogP contribution in [0.5, 0.6) is 0 Å². The average Bonchev–Trinajstić information content (AvgIpc) is 2.84. The molecule has 0 saturated carbocycles. The normalized spacial score (nSPS) is 26.3. The van der Waals surface area contributed by atoms with Gasteiger partial charge in [0.1, 0.15) is 6.73 Å². The predicted molar refractivity (Wildman–Crippen MR) is 128 cm³/mol. The zero-order chi connectivity index (χ0) is 23.5. The Morgan fingerprint density at radius 3 is 2.15 bits per heavy atom. The van der Waals surface area contributed by atoms with Crippen molar-refractivity contribution < 1.29 is 19.4 Å². The number of hydrogen-bond donors (Lipinski definition) is 1. The second-order valence-electron chi connectivity index (χ2n) is 9.54. The summed E-state index contributed by atoms with van der Waals surface area (Å²) in [5, 5.41) is 9.34. The number of carbonyl (C=O) groups excluding carboxylic acids is 1. The maximum absolute atomic E-state index is 11.4. The van der Waals surface area contributed by atoms with Crippen molar-refractivity contribution in [2.75, 3.05) is 78.7 Å². The number of rotatable bonds is 7. The van der Waals surface area contributed by atoms with Gasteiger partial charge in [-0.25, -0.2) is 0 Å². The minimum atomic E-state index is -0.752. The van der Waals surface area contributed by atoms with E-state index in [2.05, 4.69) is 50.8 Å². The number of carboxylic acid groups (broad SMARTS) is 1. The molecule has 0 aromatic heterocycles. The standard InChI is InChI=1S/C25H40N4O4/c1-22-4-6-23(7-5-22)16-24-17-26-9-3-11-29(20-33-21-30)15-14-27(18-24)8-2-10-28(13-12-26)19-25(31)32/h4-7,21,24H,2-3,8-20H2,1H3,(H,31,32). The van der Waals surface area contributed by atoms with Crippen molar-refractivity contribution >= 4 is 12.4 Å². The summed E-state index contributed by atoms with van der Waals surface area (Å²) < 4.78 is 5.07. The molecule has 1 aromatic rings. The fourth-order valence-corrected chi connectivity index (χ4v) is 5.00. The van der Waals surface area contributed by atoms with Gasteiger partial charge in [-0.2, -0.15) is 0 Å². The number of aryl methyl sites for hydroxylation is 1. The summed E-state index contributed by atoms with van der Waals surface area (Å²) in [5.74, 6) is -0.242. The molecule has 0 aliphatic carbocycles. The van der Waals surface area contributed by atoms with Crippen LogP contribution in [0.15, 0.2) is 24.3 Å². The second kappa shape index (κ2) is 13.6. The highest BCUT2D eigenvalue weighted by Gasteiger charge is 2.23. The number of ether oxygens (including phenoxy) is 1. The van der Waals surface area contributed by atoms with Crippen LogP contribution in [0.2, 0.25) is 0 Å². The predicted octanol–water partition coefficient (Wildman–Crippen LogP) is 1.38. The summed E-state index contributed by atoms with van der Waals surface area (Å²) >= 11 is 0. The van der Waals surface area contributed by atoms with Crippen molar-refractivity contribution in [1.82, 2.24) is 19.6 Å². The second-order valence-corrected chi connectivity index (χ2v) is 9.54. The molecule has 3 unspecified atom stereocenters. The summed E-state index contributed by atoms with van der Waals surface area (Å²) in [4.78, 5) is 31.4. The molecule has 184 valence electrons. The van der Waals surface area contributed by atoms with Gasteiger partial charge in [-0.1, -0.05) is 29.8 Å². The van der Waals surface area contributed by atoms with E-state index in [-0.39, 0.29) is 6.54 Å². The molecule has 2 fully saturated rings. The largest absolute Gasteiger partial charge is 0.480 e. The molecule has 2 heterocycles. The summed E-state index contributed by atoms with van der Waals surface area (Å²) in [6.07, 6.45) is 3.00. The summed E-state index contributed by atoms with van der Waals surface area (Å²) in [6, 6.07) is 8.89. The first-order chi connectivity index (χ1) is 16.0. The zero-order valence-corrected chi connectivity index (χ0v) is 20.0. The maximum Gasteiger partial charge on any atom is 0.317 e. The van der Waals surface area contributed by atoms with Gasteiger partial charge in [-0.3, -0.25) is 19.4 Å². The van der Waals surface area contributed by atoms with Crippen LogP contribution in [0.1, 0.15) is 24.0 Å². The van der Waals surface area contributed by atoms with E-state index in [0.29, 0.717) is 19.1 Å². The molecule has 0 amide bonds. The van der Waals surface area contributed by atoms with Crippen molar-refractivity contribution in [2.45, 2.75) is 26.2 Å². The number of carboxylic acids is 1. The van der Waals surface area contributed by atoms with Gasteiger partial charge in [-0.15, -0.1) is 0 Å². The van der Waals surface area contributed by atoms with E-state index >= 15 is 0 Å².